The first kappa shape index (κ1) is 20.9. The third-order valence-corrected chi connectivity index (χ3v) is 5.34. The highest BCUT2D eigenvalue weighted by Crippen LogP contribution is 2.34. The van der Waals surface area contributed by atoms with Gasteiger partial charge in [-0.25, -0.2) is 4.99 Å². The molecule has 1 heterocycles. The van der Waals surface area contributed by atoms with Crippen LogP contribution in [0.1, 0.15) is 18.9 Å². The van der Waals surface area contributed by atoms with E-state index in [1.807, 2.05) is 6.07 Å². The van der Waals surface area contributed by atoms with Crippen LogP contribution >= 0.6 is 11.8 Å². The third kappa shape index (κ3) is 5.17. The fraction of sp³-hybridized carbons (Fsp3) is 0.250. The van der Waals surface area contributed by atoms with Crippen LogP contribution in [0.15, 0.2) is 59.6 Å². The number of aliphatic imine (C=N–C) groups is 1. The molecule has 0 aliphatic carbocycles. The maximum absolute atomic E-state index is 12.9. The molecule has 3 rings (SSSR count). The lowest BCUT2D eigenvalue weighted by molar-refractivity contribution is -0.137. The number of rotatable bonds is 5. The number of alkyl halides is 3. The van der Waals surface area contributed by atoms with Gasteiger partial charge in [0.2, 0.25) is 11.8 Å². The molecule has 2 amide bonds. The van der Waals surface area contributed by atoms with Crippen LogP contribution in [0, 0.1) is 0 Å². The highest BCUT2D eigenvalue weighted by atomic mass is 32.2. The van der Waals surface area contributed by atoms with Gasteiger partial charge in [-0.2, -0.15) is 13.2 Å². The Balaban J connectivity index is 1.75. The summed E-state index contributed by atoms with van der Waals surface area (Å²) in [7, 11) is 0. The number of amides is 2. The standard InChI is InChI=1S/C20H18F3N3O2S/c1-2-26-18(28)16(12-17(27)24-14-8-4-3-5-9-14)29-19(26)25-15-10-6-7-13(11-15)20(21,22)23/h3-11,16H,2,12H2,1H3,(H,24,27)/t16-/m1/s1. The van der Waals surface area contributed by atoms with Crippen LogP contribution in [0.3, 0.4) is 0 Å². The number of hydrogen-bond acceptors (Lipinski definition) is 4. The van der Waals surface area contributed by atoms with Crippen LogP contribution in [0.4, 0.5) is 24.5 Å². The molecule has 0 unspecified atom stereocenters. The summed E-state index contributed by atoms with van der Waals surface area (Å²) in [5.74, 6) is -0.607. The summed E-state index contributed by atoms with van der Waals surface area (Å²) in [6, 6.07) is 13.5. The first-order valence-electron chi connectivity index (χ1n) is 8.87. The Bertz CT molecular complexity index is 932. The molecule has 0 radical (unpaired) electrons. The van der Waals surface area contributed by atoms with E-state index in [1.165, 1.54) is 17.0 Å². The Morgan fingerprint density at radius 1 is 1.17 bits per heavy atom. The summed E-state index contributed by atoms with van der Waals surface area (Å²) in [5, 5.41) is 2.33. The summed E-state index contributed by atoms with van der Waals surface area (Å²) in [6.07, 6.45) is -4.53. The minimum atomic E-state index is -4.47. The van der Waals surface area contributed by atoms with E-state index in [1.54, 1.807) is 31.2 Å². The van der Waals surface area contributed by atoms with Crippen molar-refractivity contribution >= 4 is 40.1 Å². The zero-order chi connectivity index (χ0) is 21.0. The van der Waals surface area contributed by atoms with Gasteiger partial charge in [-0.1, -0.05) is 36.0 Å². The summed E-state index contributed by atoms with van der Waals surface area (Å²) in [5.41, 5.74) is -0.0865. The molecule has 1 aliphatic rings. The van der Waals surface area contributed by atoms with E-state index in [-0.39, 0.29) is 29.1 Å². The fourth-order valence-electron chi connectivity index (χ4n) is 2.78. The second-order valence-electron chi connectivity index (χ2n) is 6.25. The Morgan fingerprint density at radius 3 is 2.55 bits per heavy atom. The van der Waals surface area contributed by atoms with Crippen LogP contribution in [0.25, 0.3) is 0 Å². The smallest absolute Gasteiger partial charge is 0.326 e. The van der Waals surface area contributed by atoms with Gasteiger partial charge in [0, 0.05) is 18.7 Å². The maximum atomic E-state index is 12.9. The van der Waals surface area contributed by atoms with Crippen molar-refractivity contribution in [2.45, 2.75) is 24.8 Å². The number of halogens is 3. The van der Waals surface area contributed by atoms with Crippen molar-refractivity contribution in [3.8, 4) is 0 Å². The van der Waals surface area contributed by atoms with Crippen molar-refractivity contribution in [2.24, 2.45) is 4.99 Å². The van der Waals surface area contributed by atoms with Gasteiger partial charge in [-0.15, -0.1) is 0 Å². The molecule has 0 aromatic heterocycles. The zero-order valence-electron chi connectivity index (χ0n) is 15.4. The molecule has 1 aliphatic heterocycles. The molecule has 5 nitrogen and oxygen atoms in total. The van der Waals surface area contributed by atoms with Gasteiger partial charge in [-0.3, -0.25) is 14.5 Å². The summed E-state index contributed by atoms with van der Waals surface area (Å²) < 4.78 is 38.7. The molecule has 2 aromatic rings. The molecule has 9 heteroatoms. The summed E-state index contributed by atoms with van der Waals surface area (Å²) in [6.45, 7) is 2.05. The molecule has 0 bridgehead atoms. The lowest BCUT2D eigenvalue weighted by atomic mass is 10.2. The molecule has 2 aromatic carbocycles. The molecule has 0 saturated carbocycles. The molecule has 1 saturated heterocycles. The van der Waals surface area contributed by atoms with E-state index in [4.69, 9.17) is 0 Å². The number of nitrogens with zero attached hydrogens (tertiary/aromatic N) is 2. The van der Waals surface area contributed by atoms with Gasteiger partial charge in [0.1, 0.15) is 5.25 Å². The van der Waals surface area contributed by atoms with E-state index in [0.29, 0.717) is 12.2 Å². The minimum absolute atomic E-state index is 0.0590. The van der Waals surface area contributed by atoms with E-state index in [9.17, 15) is 22.8 Å². The average molecular weight is 421 g/mol. The van der Waals surface area contributed by atoms with Crippen LogP contribution in [-0.2, 0) is 15.8 Å². The number of anilines is 1. The quantitative estimate of drug-likeness (QED) is 0.762. The van der Waals surface area contributed by atoms with Gasteiger partial charge in [0.25, 0.3) is 0 Å². The fourth-order valence-corrected chi connectivity index (χ4v) is 4.00. The van der Waals surface area contributed by atoms with Crippen LogP contribution < -0.4 is 5.32 Å². The topological polar surface area (TPSA) is 61.8 Å². The second-order valence-corrected chi connectivity index (χ2v) is 7.42. The average Bonchev–Trinajstić information content (AvgIpc) is 2.96. The molecule has 0 spiro atoms. The lowest BCUT2D eigenvalue weighted by Gasteiger charge is -2.13. The minimum Gasteiger partial charge on any atom is -0.326 e. The van der Waals surface area contributed by atoms with Gasteiger partial charge in [0.15, 0.2) is 5.17 Å². The number of carbonyl (C=O) groups is 2. The van der Waals surface area contributed by atoms with Gasteiger partial charge < -0.3 is 5.32 Å². The first-order valence-corrected chi connectivity index (χ1v) is 9.74. The van der Waals surface area contributed by atoms with Crippen molar-refractivity contribution in [1.82, 2.24) is 4.90 Å². The number of hydrogen-bond donors (Lipinski definition) is 1. The molecule has 29 heavy (non-hydrogen) atoms. The van der Waals surface area contributed by atoms with Crippen molar-refractivity contribution in [1.29, 1.82) is 0 Å². The van der Waals surface area contributed by atoms with Crippen LogP contribution in [0.5, 0.6) is 0 Å². The Hall–Kier alpha value is -2.81. The second kappa shape index (κ2) is 8.69. The molecule has 152 valence electrons. The van der Waals surface area contributed by atoms with E-state index < -0.39 is 17.0 Å². The highest BCUT2D eigenvalue weighted by molar-refractivity contribution is 8.15. The summed E-state index contributed by atoms with van der Waals surface area (Å²) >= 11 is 1.08. The predicted octanol–water partition coefficient (Wildman–Crippen LogP) is 4.69. The largest absolute Gasteiger partial charge is 0.416 e. The van der Waals surface area contributed by atoms with Crippen molar-refractivity contribution in [2.75, 3.05) is 11.9 Å². The van der Waals surface area contributed by atoms with Crippen LogP contribution in [0.2, 0.25) is 0 Å². The molecule has 1 fully saturated rings. The first-order chi connectivity index (χ1) is 13.8. The Morgan fingerprint density at radius 2 is 1.90 bits per heavy atom. The zero-order valence-corrected chi connectivity index (χ0v) is 16.3. The van der Waals surface area contributed by atoms with E-state index in [2.05, 4.69) is 10.3 Å². The van der Waals surface area contributed by atoms with Gasteiger partial charge in [-0.05, 0) is 37.3 Å². The number of para-hydroxylation sites is 1. The monoisotopic (exact) mass is 421 g/mol. The number of nitrogens with one attached hydrogen (secondary N) is 1. The maximum Gasteiger partial charge on any atom is 0.416 e. The number of benzene rings is 2. The van der Waals surface area contributed by atoms with E-state index >= 15 is 0 Å². The highest BCUT2D eigenvalue weighted by Gasteiger charge is 2.38. The predicted molar refractivity (Wildman–Crippen MR) is 107 cm³/mol. The van der Waals surface area contributed by atoms with Crippen molar-refractivity contribution < 1.29 is 22.8 Å². The molecular formula is C20H18F3N3O2S. The molecule has 1 N–H and O–H groups in total. The summed E-state index contributed by atoms with van der Waals surface area (Å²) in [4.78, 5) is 30.5. The van der Waals surface area contributed by atoms with Crippen LogP contribution in [-0.4, -0.2) is 33.7 Å². The van der Waals surface area contributed by atoms with Gasteiger partial charge >= 0.3 is 6.18 Å². The normalized spacial score (nSPS) is 18.3. The Kier molecular flexibility index (Phi) is 6.26. The van der Waals surface area contributed by atoms with E-state index in [0.717, 1.165) is 23.9 Å². The number of thioether (sulfide) groups is 1. The Labute approximate surface area is 170 Å². The third-order valence-electron chi connectivity index (χ3n) is 4.16. The number of carbonyl (C=O) groups excluding carboxylic acids is 2. The molecule has 1 atom stereocenters. The van der Waals surface area contributed by atoms with Gasteiger partial charge in [0.05, 0.1) is 11.3 Å². The lowest BCUT2D eigenvalue weighted by Crippen LogP contribution is -2.33. The number of amidine groups is 1. The van der Waals surface area contributed by atoms with Crippen molar-refractivity contribution in [3.05, 3.63) is 60.2 Å². The molecular weight excluding hydrogens is 403 g/mol. The SMILES string of the molecule is CCN1C(=O)[C@@H](CC(=O)Nc2ccccc2)SC1=Nc1cccc(C(F)(F)F)c1. The van der Waals surface area contributed by atoms with Crippen molar-refractivity contribution in [3.63, 3.8) is 0 Å².